The van der Waals surface area contributed by atoms with E-state index in [0.29, 0.717) is 23.0 Å². The third-order valence-electron chi connectivity index (χ3n) is 3.11. The average Bonchev–Trinajstić information content (AvgIpc) is 2.97. The van der Waals surface area contributed by atoms with Crippen LogP contribution in [0.3, 0.4) is 0 Å². The standard InChI is InChI=1S/C16H11ClFN3O2/c1-9-19-15(21-23-9)10-2-4-11(5-3-10)16(22)20-14-7-6-12(18)8-13(14)17/h2-8H,1H3,(H,20,22). The van der Waals surface area contributed by atoms with Crippen LogP contribution in [0.25, 0.3) is 11.4 Å². The van der Waals surface area contributed by atoms with E-state index >= 15 is 0 Å². The van der Waals surface area contributed by atoms with Crippen molar-refractivity contribution in [2.75, 3.05) is 5.32 Å². The molecule has 5 nitrogen and oxygen atoms in total. The number of aryl methyl sites for hydroxylation is 1. The molecule has 0 unspecified atom stereocenters. The summed E-state index contributed by atoms with van der Waals surface area (Å²) in [6.07, 6.45) is 0. The van der Waals surface area contributed by atoms with Crippen LogP contribution in [0.2, 0.25) is 5.02 Å². The number of benzene rings is 2. The van der Waals surface area contributed by atoms with Gasteiger partial charge < -0.3 is 9.84 Å². The van der Waals surface area contributed by atoms with Crippen LogP contribution < -0.4 is 5.32 Å². The number of hydrogen-bond donors (Lipinski definition) is 1. The summed E-state index contributed by atoms with van der Waals surface area (Å²) < 4.78 is 17.9. The van der Waals surface area contributed by atoms with Crippen molar-refractivity contribution in [2.45, 2.75) is 6.92 Å². The molecule has 3 rings (SSSR count). The highest BCUT2D eigenvalue weighted by atomic mass is 35.5. The minimum Gasteiger partial charge on any atom is -0.339 e. The van der Waals surface area contributed by atoms with Gasteiger partial charge in [0.15, 0.2) is 0 Å². The van der Waals surface area contributed by atoms with Crippen LogP contribution >= 0.6 is 11.6 Å². The predicted octanol–water partition coefficient (Wildman–Crippen LogP) is 4.09. The highest BCUT2D eigenvalue weighted by Crippen LogP contribution is 2.23. The molecule has 0 atom stereocenters. The van der Waals surface area contributed by atoms with Gasteiger partial charge in [0.2, 0.25) is 11.7 Å². The van der Waals surface area contributed by atoms with E-state index in [0.717, 1.165) is 11.6 Å². The van der Waals surface area contributed by atoms with Crippen molar-refractivity contribution in [3.8, 4) is 11.4 Å². The summed E-state index contributed by atoms with van der Waals surface area (Å²) in [7, 11) is 0. The summed E-state index contributed by atoms with van der Waals surface area (Å²) in [5.41, 5.74) is 1.50. The first-order valence-corrected chi connectivity index (χ1v) is 7.08. The van der Waals surface area contributed by atoms with Crippen LogP contribution in [0, 0.1) is 12.7 Å². The molecular weight excluding hydrogens is 321 g/mol. The number of nitrogens with zero attached hydrogens (tertiary/aromatic N) is 2. The van der Waals surface area contributed by atoms with Gasteiger partial charge in [-0.25, -0.2) is 4.39 Å². The fourth-order valence-corrected chi connectivity index (χ4v) is 2.19. The molecule has 0 aliphatic heterocycles. The lowest BCUT2D eigenvalue weighted by atomic mass is 10.1. The molecule has 2 aromatic carbocycles. The van der Waals surface area contributed by atoms with Gasteiger partial charge in [-0.3, -0.25) is 4.79 Å². The van der Waals surface area contributed by atoms with E-state index in [2.05, 4.69) is 15.5 Å². The average molecular weight is 332 g/mol. The summed E-state index contributed by atoms with van der Waals surface area (Å²) in [5.74, 6) is 0.103. The molecule has 0 aliphatic rings. The molecule has 0 fully saturated rings. The Morgan fingerprint density at radius 1 is 1.22 bits per heavy atom. The number of nitrogens with one attached hydrogen (secondary N) is 1. The Labute approximate surface area is 136 Å². The normalized spacial score (nSPS) is 10.6. The molecule has 0 spiro atoms. The summed E-state index contributed by atoms with van der Waals surface area (Å²) in [5, 5.41) is 6.57. The Morgan fingerprint density at radius 2 is 1.96 bits per heavy atom. The molecule has 0 saturated heterocycles. The molecule has 1 heterocycles. The van der Waals surface area contributed by atoms with E-state index in [1.807, 2.05) is 0 Å². The van der Waals surface area contributed by atoms with Crippen molar-refractivity contribution >= 4 is 23.2 Å². The van der Waals surface area contributed by atoms with E-state index in [1.165, 1.54) is 12.1 Å². The van der Waals surface area contributed by atoms with E-state index < -0.39 is 5.82 Å². The highest BCUT2D eigenvalue weighted by Gasteiger charge is 2.11. The molecule has 3 aromatic rings. The van der Waals surface area contributed by atoms with Crippen molar-refractivity contribution < 1.29 is 13.7 Å². The van der Waals surface area contributed by atoms with Gasteiger partial charge in [0.25, 0.3) is 5.91 Å². The van der Waals surface area contributed by atoms with Crippen molar-refractivity contribution in [1.29, 1.82) is 0 Å². The maximum absolute atomic E-state index is 13.0. The summed E-state index contributed by atoms with van der Waals surface area (Å²) in [6.45, 7) is 1.70. The minimum absolute atomic E-state index is 0.136. The van der Waals surface area contributed by atoms with Crippen LogP contribution in [0.5, 0.6) is 0 Å². The van der Waals surface area contributed by atoms with Crippen LogP contribution in [-0.4, -0.2) is 16.0 Å². The van der Waals surface area contributed by atoms with Crippen LogP contribution in [0.15, 0.2) is 47.0 Å². The number of aromatic nitrogens is 2. The monoisotopic (exact) mass is 331 g/mol. The fourth-order valence-electron chi connectivity index (χ4n) is 1.97. The van der Waals surface area contributed by atoms with Gasteiger partial charge in [-0.05, 0) is 30.3 Å². The van der Waals surface area contributed by atoms with Crippen LogP contribution in [-0.2, 0) is 0 Å². The Kier molecular flexibility index (Phi) is 4.08. The zero-order valence-corrected chi connectivity index (χ0v) is 12.8. The molecule has 23 heavy (non-hydrogen) atoms. The topological polar surface area (TPSA) is 68.0 Å². The number of carbonyl (C=O) groups excluding carboxylic acids is 1. The van der Waals surface area contributed by atoms with Gasteiger partial charge in [0.05, 0.1) is 10.7 Å². The molecule has 0 aliphatic carbocycles. The van der Waals surface area contributed by atoms with Crippen molar-refractivity contribution in [1.82, 2.24) is 10.1 Å². The maximum Gasteiger partial charge on any atom is 0.255 e. The van der Waals surface area contributed by atoms with Gasteiger partial charge >= 0.3 is 0 Å². The number of anilines is 1. The minimum atomic E-state index is -0.465. The first-order chi connectivity index (χ1) is 11.0. The Morgan fingerprint density at radius 3 is 2.57 bits per heavy atom. The number of amides is 1. The molecule has 1 N–H and O–H groups in total. The van der Waals surface area contributed by atoms with Gasteiger partial charge in [-0.1, -0.05) is 28.9 Å². The lowest BCUT2D eigenvalue weighted by molar-refractivity contribution is 0.102. The first kappa shape index (κ1) is 15.2. The number of carbonyl (C=O) groups is 1. The molecule has 0 saturated carbocycles. The highest BCUT2D eigenvalue weighted by molar-refractivity contribution is 6.33. The van der Waals surface area contributed by atoms with E-state index in [4.69, 9.17) is 16.1 Å². The third-order valence-corrected chi connectivity index (χ3v) is 3.42. The molecule has 116 valence electrons. The quantitative estimate of drug-likeness (QED) is 0.785. The maximum atomic E-state index is 13.0. The van der Waals surface area contributed by atoms with E-state index in [-0.39, 0.29) is 10.9 Å². The van der Waals surface area contributed by atoms with Gasteiger partial charge in [0, 0.05) is 18.1 Å². The fraction of sp³-hybridized carbons (Fsp3) is 0.0625. The van der Waals surface area contributed by atoms with E-state index in [9.17, 15) is 9.18 Å². The van der Waals surface area contributed by atoms with Gasteiger partial charge in [-0.15, -0.1) is 0 Å². The summed E-state index contributed by atoms with van der Waals surface area (Å²) in [6, 6.07) is 10.5. The van der Waals surface area contributed by atoms with Crippen LogP contribution in [0.4, 0.5) is 10.1 Å². The molecule has 1 amide bonds. The SMILES string of the molecule is Cc1nc(-c2ccc(C(=O)Nc3ccc(F)cc3Cl)cc2)no1. The number of rotatable bonds is 3. The van der Waals surface area contributed by atoms with Crippen molar-refractivity contribution in [3.05, 3.63) is 64.8 Å². The Bertz CT molecular complexity index is 862. The number of hydrogen-bond acceptors (Lipinski definition) is 4. The molecule has 0 radical (unpaired) electrons. The molecule has 1 aromatic heterocycles. The number of halogens is 2. The van der Waals surface area contributed by atoms with Crippen molar-refractivity contribution in [2.24, 2.45) is 0 Å². The second-order valence-electron chi connectivity index (χ2n) is 4.79. The first-order valence-electron chi connectivity index (χ1n) is 6.70. The third kappa shape index (κ3) is 3.37. The summed E-state index contributed by atoms with van der Waals surface area (Å²) in [4.78, 5) is 16.3. The predicted molar refractivity (Wildman–Crippen MR) is 83.8 cm³/mol. The van der Waals surface area contributed by atoms with E-state index in [1.54, 1.807) is 31.2 Å². The largest absolute Gasteiger partial charge is 0.339 e. The summed E-state index contributed by atoms with van der Waals surface area (Å²) >= 11 is 5.89. The second kappa shape index (κ2) is 6.18. The lowest BCUT2D eigenvalue weighted by Crippen LogP contribution is -2.12. The molecule has 0 bridgehead atoms. The second-order valence-corrected chi connectivity index (χ2v) is 5.20. The Balaban J connectivity index is 1.77. The van der Waals surface area contributed by atoms with Crippen molar-refractivity contribution in [3.63, 3.8) is 0 Å². The zero-order valence-electron chi connectivity index (χ0n) is 12.0. The molecular formula is C16H11ClFN3O2. The van der Waals surface area contributed by atoms with Crippen LogP contribution in [0.1, 0.15) is 16.2 Å². The van der Waals surface area contributed by atoms with Gasteiger partial charge in [-0.2, -0.15) is 4.98 Å². The Hall–Kier alpha value is -2.73. The molecule has 7 heteroatoms. The smallest absolute Gasteiger partial charge is 0.255 e. The lowest BCUT2D eigenvalue weighted by Gasteiger charge is -2.07. The van der Waals surface area contributed by atoms with Gasteiger partial charge in [0.1, 0.15) is 5.82 Å². The zero-order chi connectivity index (χ0) is 16.4.